The molecule has 29 heavy (non-hydrogen) atoms. The van der Waals surface area contributed by atoms with Gasteiger partial charge < -0.3 is 10.4 Å². The SMILES string of the molecule is CC1CC=C(CN2CCC(NC(=O)C(O)(C3=CC=CCC3)C3CCCC3)CC2)C1. The van der Waals surface area contributed by atoms with Gasteiger partial charge in [0, 0.05) is 31.6 Å². The summed E-state index contributed by atoms with van der Waals surface area (Å²) in [5.74, 6) is 0.729. The normalized spacial score (nSPS) is 28.8. The van der Waals surface area contributed by atoms with Crippen LogP contribution in [0.25, 0.3) is 0 Å². The van der Waals surface area contributed by atoms with Crippen molar-refractivity contribution in [1.82, 2.24) is 10.2 Å². The van der Waals surface area contributed by atoms with Crippen molar-refractivity contribution in [2.75, 3.05) is 19.6 Å². The zero-order chi connectivity index (χ0) is 20.3. The second kappa shape index (κ2) is 9.18. The topological polar surface area (TPSA) is 52.6 Å². The highest BCUT2D eigenvalue weighted by atomic mass is 16.3. The first-order valence-electron chi connectivity index (χ1n) is 11.9. The number of hydrogen-bond donors (Lipinski definition) is 2. The van der Waals surface area contributed by atoms with Crippen molar-refractivity contribution in [2.45, 2.75) is 82.8 Å². The lowest BCUT2D eigenvalue weighted by atomic mass is 9.76. The number of allylic oxidation sites excluding steroid dienone is 4. The lowest BCUT2D eigenvalue weighted by Gasteiger charge is -2.39. The summed E-state index contributed by atoms with van der Waals surface area (Å²) in [5, 5.41) is 14.9. The molecule has 1 amide bonds. The predicted molar refractivity (Wildman–Crippen MR) is 117 cm³/mol. The van der Waals surface area contributed by atoms with Crippen LogP contribution in [0.2, 0.25) is 0 Å². The molecule has 2 N–H and O–H groups in total. The van der Waals surface area contributed by atoms with Crippen LogP contribution in [0.1, 0.15) is 71.1 Å². The van der Waals surface area contributed by atoms with E-state index in [1.165, 1.54) is 12.8 Å². The molecule has 1 aliphatic heterocycles. The predicted octanol–water partition coefficient (Wildman–Crippen LogP) is 4.12. The van der Waals surface area contributed by atoms with Crippen molar-refractivity contribution in [3.8, 4) is 0 Å². The Kier molecular flexibility index (Phi) is 6.60. The van der Waals surface area contributed by atoms with E-state index in [-0.39, 0.29) is 17.9 Å². The molecule has 1 heterocycles. The Hall–Kier alpha value is -1.39. The van der Waals surface area contributed by atoms with E-state index < -0.39 is 5.60 Å². The molecule has 4 rings (SSSR count). The summed E-state index contributed by atoms with van der Waals surface area (Å²) in [4.78, 5) is 15.9. The van der Waals surface area contributed by atoms with Gasteiger partial charge in [0.1, 0.15) is 0 Å². The van der Waals surface area contributed by atoms with Gasteiger partial charge in [-0.15, -0.1) is 0 Å². The molecule has 0 spiro atoms. The van der Waals surface area contributed by atoms with Gasteiger partial charge in [0.15, 0.2) is 5.60 Å². The Morgan fingerprint density at radius 1 is 1.24 bits per heavy atom. The molecule has 2 fully saturated rings. The molecule has 0 bridgehead atoms. The lowest BCUT2D eigenvalue weighted by Crippen LogP contribution is -2.56. The zero-order valence-electron chi connectivity index (χ0n) is 18.0. The second-order valence-electron chi connectivity index (χ2n) is 9.84. The van der Waals surface area contributed by atoms with Gasteiger partial charge in [-0.2, -0.15) is 0 Å². The molecule has 2 atom stereocenters. The molecule has 3 aliphatic carbocycles. The molecule has 4 heteroatoms. The highest BCUT2D eigenvalue weighted by Crippen LogP contribution is 2.41. The smallest absolute Gasteiger partial charge is 0.256 e. The number of hydrogen-bond acceptors (Lipinski definition) is 3. The Balaban J connectivity index is 1.35. The number of nitrogens with one attached hydrogen (secondary N) is 1. The van der Waals surface area contributed by atoms with Gasteiger partial charge in [-0.1, -0.05) is 49.6 Å². The fourth-order valence-corrected chi connectivity index (χ4v) is 5.79. The van der Waals surface area contributed by atoms with Gasteiger partial charge in [0.05, 0.1) is 0 Å². The van der Waals surface area contributed by atoms with E-state index in [1.54, 1.807) is 5.57 Å². The van der Waals surface area contributed by atoms with Crippen molar-refractivity contribution in [1.29, 1.82) is 0 Å². The molecular formula is C25H38N2O2. The summed E-state index contributed by atoms with van der Waals surface area (Å²) in [5.41, 5.74) is 1.19. The third-order valence-electron chi connectivity index (χ3n) is 7.56. The maximum Gasteiger partial charge on any atom is 0.256 e. The fraction of sp³-hybridized carbons (Fsp3) is 0.720. The molecule has 1 saturated heterocycles. The first kappa shape index (κ1) is 20.9. The minimum Gasteiger partial charge on any atom is -0.375 e. The van der Waals surface area contributed by atoms with Gasteiger partial charge >= 0.3 is 0 Å². The molecule has 0 aromatic heterocycles. The van der Waals surface area contributed by atoms with Gasteiger partial charge in [-0.25, -0.2) is 0 Å². The molecule has 160 valence electrons. The van der Waals surface area contributed by atoms with Crippen LogP contribution in [0.15, 0.2) is 35.5 Å². The Bertz CT molecular complexity index is 681. The highest BCUT2D eigenvalue weighted by Gasteiger charge is 2.48. The number of rotatable bonds is 6. The number of aliphatic hydroxyl groups is 1. The van der Waals surface area contributed by atoms with E-state index in [2.05, 4.69) is 29.3 Å². The van der Waals surface area contributed by atoms with Crippen LogP contribution >= 0.6 is 0 Å². The molecule has 0 aromatic carbocycles. The van der Waals surface area contributed by atoms with E-state index in [1.807, 2.05) is 12.2 Å². The molecule has 1 saturated carbocycles. The molecule has 4 aliphatic rings. The monoisotopic (exact) mass is 398 g/mol. The van der Waals surface area contributed by atoms with E-state index in [0.29, 0.717) is 0 Å². The first-order valence-corrected chi connectivity index (χ1v) is 11.9. The third-order valence-corrected chi connectivity index (χ3v) is 7.56. The van der Waals surface area contributed by atoms with Gasteiger partial charge in [-0.05, 0) is 62.9 Å². The van der Waals surface area contributed by atoms with Crippen LogP contribution in [0.4, 0.5) is 0 Å². The third kappa shape index (κ3) is 4.69. The van der Waals surface area contributed by atoms with Crippen molar-refractivity contribution in [3.63, 3.8) is 0 Å². The van der Waals surface area contributed by atoms with Crippen LogP contribution in [0.3, 0.4) is 0 Å². The minimum absolute atomic E-state index is 0.0663. The summed E-state index contributed by atoms with van der Waals surface area (Å²) in [7, 11) is 0. The van der Waals surface area contributed by atoms with Crippen molar-refractivity contribution in [2.24, 2.45) is 11.8 Å². The Morgan fingerprint density at radius 2 is 2.00 bits per heavy atom. The molecule has 0 radical (unpaired) electrons. The summed E-state index contributed by atoms with van der Waals surface area (Å²) < 4.78 is 0. The van der Waals surface area contributed by atoms with Crippen LogP contribution < -0.4 is 5.32 Å². The Morgan fingerprint density at radius 3 is 2.62 bits per heavy atom. The van der Waals surface area contributed by atoms with Crippen LogP contribution in [-0.2, 0) is 4.79 Å². The van der Waals surface area contributed by atoms with Crippen LogP contribution in [0.5, 0.6) is 0 Å². The van der Waals surface area contributed by atoms with Gasteiger partial charge in [-0.3, -0.25) is 9.69 Å². The van der Waals surface area contributed by atoms with Gasteiger partial charge in [0.2, 0.25) is 0 Å². The average Bonchev–Trinajstić information content (AvgIpc) is 3.42. The van der Waals surface area contributed by atoms with E-state index >= 15 is 0 Å². The van der Waals surface area contributed by atoms with Crippen LogP contribution in [-0.4, -0.2) is 47.2 Å². The number of carbonyl (C=O) groups excluding carboxylic acids is 1. The largest absolute Gasteiger partial charge is 0.375 e. The molecular weight excluding hydrogens is 360 g/mol. The molecule has 2 unspecified atom stereocenters. The van der Waals surface area contributed by atoms with E-state index in [0.717, 1.165) is 82.5 Å². The number of carbonyl (C=O) groups is 1. The highest BCUT2D eigenvalue weighted by molar-refractivity contribution is 5.89. The molecule has 0 aromatic rings. The second-order valence-corrected chi connectivity index (χ2v) is 9.84. The minimum atomic E-state index is -1.32. The average molecular weight is 399 g/mol. The number of likely N-dealkylation sites (tertiary alicyclic amines) is 1. The fourth-order valence-electron chi connectivity index (χ4n) is 5.79. The number of amides is 1. The zero-order valence-corrected chi connectivity index (χ0v) is 18.0. The summed E-state index contributed by atoms with van der Waals surface area (Å²) >= 11 is 0. The van der Waals surface area contributed by atoms with Crippen molar-refractivity contribution in [3.05, 3.63) is 35.5 Å². The first-order chi connectivity index (χ1) is 14.1. The van der Waals surface area contributed by atoms with Gasteiger partial charge in [0.25, 0.3) is 5.91 Å². The maximum absolute atomic E-state index is 13.4. The van der Waals surface area contributed by atoms with E-state index in [4.69, 9.17) is 0 Å². The summed E-state index contributed by atoms with van der Waals surface area (Å²) in [6.07, 6.45) is 18.8. The standard InChI is InChI=1S/C25H38N2O2/c1-19-11-12-20(17-19)18-27-15-13-23(14-16-27)26-24(28)25(29,22-9-5-6-10-22)21-7-3-2-4-8-21/h2-3,7,12,19,22-23,29H,4-6,8-11,13-18H2,1H3,(H,26,28). The quantitative estimate of drug-likeness (QED) is 0.662. The lowest BCUT2D eigenvalue weighted by molar-refractivity contribution is -0.142. The van der Waals surface area contributed by atoms with Crippen molar-refractivity contribution < 1.29 is 9.90 Å². The van der Waals surface area contributed by atoms with Crippen molar-refractivity contribution >= 4 is 5.91 Å². The molecule has 4 nitrogen and oxygen atoms in total. The van der Waals surface area contributed by atoms with E-state index in [9.17, 15) is 9.90 Å². The van der Waals surface area contributed by atoms with Crippen LogP contribution in [0, 0.1) is 11.8 Å². The number of piperidine rings is 1. The Labute approximate surface area is 176 Å². The summed E-state index contributed by atoms with van der Waals surface area (Å²) in [6, 6.07) is 0.183. The maximum atomic E-state index is 13.4. The summed E-state index contributed by atoms with van der Waals surface area (Å²) in [6.45, 7) is 5.48. The number of nitrogens with zero attached hydrogens (tertiary/aromatic N) is 1.